The minimum absolute atomic E-state index is 0.159. The van der Waals surface area contributed by atoms with Crippen molar-refractivity contribution in [3.05, 3.63) is 29.8 Å². The zero-order chi connectivity index (χ0) is 18.3. The number of carbonyl (C=O) groups is 1. The van der Waals surface area contributed by atoms with Crippen LogP contribution in [0.2, 0.25) is 0 Å². The van der Waals surface area contributed by atoms with Crippen LogP contribution in [0.15, 0.2) is 29.2 Å². The molecule has 1 heterocycles. The average Bonchev–Trinajstić information content (AvgIpc) is 3.13. The van der Waals surface area contributed by atoms with Gasteiger partial charge in [-0.3, -0.25) is 4.79 Å². The molecule has 140 valence electrons. The molecule has 1 aliphatic heterocycles. The van der Waals surface area contributed by atoms with Crippen LogP contribution >= 0.6 is 0 Å². The van der Waals surface area contributed by atoms with Crippen LogP contribution in [0.4, 0.5) is 0 Å². The second-order valence-electron chi connectivity index (χ2n) is 6.27. The molecule has 1 aromatic carbocycles. The van der Waals surface area contributed by atoms with E-state index in [4.69, 9.17) is 0 Å². The minimum atomic E-state index is -3.48. The Balaban J connectivity index is 1.87. The van der Waals surface area contributed by atoms with Gasteiger partial charge in [0.05, 0.1) is 4.90 Å². The number of rotatable bonds is 9. The number of benzene rings is 1. The van der Waals surface area contributed by atoms with Gasteiger partial charge in [-0.05, 0) is 63.2 Å². The number of likely N-dealkylation sites (tertiary alicyclic amines) is 1. The Kier molecular flexibility index (Phi) is 7.40. The molecule has 6 nitrogen and oxygen atoms in total. The molecule has 0 aliphatic carbocycles. The Morgan fingerprint density at radius 3 is 2.28 bits per heavy atom. The normalized spacial score (nSPS) is 15.6. The Labute approximate surface area is 151 Å². The smallest absolute Gasteiger partial charge is 0.251 e. The van der Waals surface area contributed by atoms with Gasteiger partial charge in [-0.15, -0.1) is 0 Å². The van der Waals surface area contributed by atoms with Crippen LogP contribution in [0.1, 0.15) is 43.5 Å². The lowest BCUT2D eigenvalue weighted by atomic mass is 10.2. The lowest BCUT2D eigenvalue weighted by Crippen LogP contribution is -2.31. The molecule has 1 aromatic rings. The molecule has 1 fully saturated rings. The van der Waals surface area contributed by atoms with Crippen molar-refractivity contribution in [2.75, 3.05) is 39.3 Å². The number of hydrogen-bond acceptors (Lipinski definition) is 4. The second kappa shape index (κ2) is 9.31. The summed E-state index contributed by atoms with van der Waals surface area (Å²) in [6.45, 7) is 8.45. The Bertz CT molecular complexity index is 649. The molecule has 1 N–H and O–H groups in total. The molecule has 0 atom stereocenters. The third-order valence-corrected chi connectivity index (χ3v) is 6.66. The van der Waals surface area contributed by atoms with Crippen molar-refractivity contribution in [3.63, 3.8) is 0 Å². The highest BCUT2D eigenvalue weighted by atomic mass is 32.2. The van der Waals surface area contributed by atoms with Gasteiger partial charge < -0.3 is 10.2 Å². The van der Waals surface area contributed by atoms with E-state index in [1.807, 2.05) is 13.8 Å². The molecule has 0 spiro atoms. The van der Waals surface area contributed by atoms with Gasteiger partial charge in [0.15, 0.2) is 0 Å². The Morgan fingerprint density at radius 2 is 1.72 bits per heavy atom. The predicted molar refractivity (Wildman–Crippen MR) is 99.2 cm³/mol. The van der Waals surface area contributed by atoms with E-state index in [-0.39, 0.29) is 10.8 Å². The van der Waals surface area contributed by atoms with E-state index in [9.17, 15) is 13.2 Å². The highest BCUT2D eigenvalue weighted by Gasteiger charge is 2.21. The number of nitrogens with zero attached hydrogens (tertiary/aromatic N) is 2. The molecule has 0 saturated carbocycles. The van der Waals surface area contributed by atoms with Gasteiger partial charge in [-0.2, -0.15) is 4.31 Å². The van der Waals surface area contributed by atoms with E-state index in [2.05, 4.69) is 10.2 Å². The van der Waals surface area contributed by atoms with Gasteiger partial charge in [-0.25, -0.2) is 8.42 Å². The van der Waals surface area contributed by atoms with Crippen LogP contribution in [0.3, 0.4) is 0 Å². The molecule has 1 aliphatic rings. The lowest BCUT2D eigenvalue weighted by molar-refractivity contribution is 0.0952. The number of hydrogen-bond donors (Lipinski definition) is 1. The van der Waals surface area contributed by atoms with Gasteiger partial charge in [0, 0.05) is 25.2 Å². The zero-order valence-corrected chi connectivity index (χ0v) is 16.0. The molecule has 25 heavy (non-hydrogen) atoms. The fraction of sp³-hybridized carbons (Fsp3) is 0.611. The van der Waals surface area contributed by atoms with Gasteiger partial charge in [-0.1, -0.05) is 13.8 Å². The summed E-state index contributed by atoms with van der Waals surface area (Å²) in [7, 11) is -3.48. The maximum atomic E-state index is 12.4. The number of sulfonamides is 1. The van der Waals surface area contributed by atoms with Crippen LogP contribution in [0.5, 0.6) is 0 Å². The Morgan fingerprint density at radius 1 is 1.12 bits per heavy atom. The van der Waals surface area contributed by atoms with Crippen LogP contribution in [-0.4, -0.2) is 62.8 Å². The standard InChI is InChI=1S/C18H29N3O3S/c1-3-21(4-2)25(23,24)17-10-8-16(9-11-17)18(22)19-12-7-15-20-13-5-6-14-20/h8-11H,3-7,12-15H2,1-2H3,(H,19,22). The zero-order valence-electron chi connectivity index (χ0n) is 15.2. The average molecular weight is 368 g/mol. The van der Waals surface area contributed by atoms with E-state index in [0.717, 1.165) is 26.1 Å². The van der Waals surface area contributed by atoms with Gasteiger partial charge in [0.2, 0.25) is 10.0 Å². The molecule has 0 unspecified atom stereocenters. The lowest BCUT2D eigenvalue weighted by Gasteiger charge is -2.18. The van der Waals surface area contributed by atoms with Crippen molar-refractivity contribution >= 4 is 15.9 Å². The highest BCUT2D eigenvalue weighted by molar-refractivity contribution is 7.89. The first-order valence-corrected chi connectivity index (χ1v) is 10.5. The van der Waals surface area contributed by atoms with E-state index in [0.29, 0.717) is 25.2 Å². The summed E-state index contributed by atoms with van der Waals surface area (Å²) >= 11 is 0. The monoisotopic (exact) mass is 367 g/mol. The molecule has 0 aromatic heterocycles. The molecule has 0 radical (unpaired) electrons. The molecule has 1 saturated heterocycles. The summed E-state index contributed by atoms with van der Waals surface area (Å²) in [6.07, 6.45) is 3.48. The predicted octanol–water partition coefficient (Wildman–Crippen LogP) is 1.93. The number of amides is 1. The molecule has 7 heteroatoms. The summed E-state index contributed by atoms with van der Waals surface area (Å²) in [5, 5.41) is 2.90. The first-order chi connectivity index (χ1) is 12.0. The van der Waals surface area contributed by atoms with E-state index in [1.165, 1.54) is 29.3 Å². The minimum Gasteiger partial charge on any atom is -0.352 e. The maximum Gasteiger partial charge on any atom is 0.251 e. The first-order valence-electron chi connectivity index (χ1n) is 9.09. The topological polar surface area (TPSA) is 69.7 Å². The van der Waals surface area contributed by atoms with Crippen molar-refractivity contribution in [3.8, 4) is 0 Å². The SMILES string of the molecule is CCN(CC)S(=O)(=O)c1ccc(C(=O)NCCCN2CCCC2)cc1. The molecule has 1 amide bonds. The fourth-order valence-electron chi connectivity index (χ4n) is 3.10. The largest absolute Gasteiger partial charge is 0.352 e. The number of carbonyl (C=O) groups excluding carboxylic acids is 1. The van der Waals surface area contributed by atoms with Crippen LogP contribution in [0.25, 0.3) is 0 Å². The van der Waals surface area contributed by atoms with Gasteiger partial charge >= 0.3 is 0 Å². The van der Waals surface area contributed by atoms with E-state index < -0.39 is 10.0 Å². The van der Waals surface area contributed by atoms with Gasteiger partial charge in [0.25, 0.3) is 5.91 Å². The third kappa shape index (κ3) is 5.26. The van der Waals surface area contributed by atoms with Crippen molar-refractivity contribution in [1.82, 2.24) is 14.5 Å². The van der Waals surface area contributed by atoms with Crippen LogP contribution in [-0.2, 0) is 10.0 Å². The van der Waals surface area contributed by atoms with E-state index in [1.54, 1.807) is 12.1 Å². The van der Waals surface area contributed by atoms with Crippen molar-refractivity contribution < 1.29 is 13.2 Å². The van der Waals surface area contributed by atoms with Crippen LogP contribution < -0.4 is 5.32 Å². The molecule has 2 rings (SSSR count). The number of nitrogens with one attached hydrogen (secondary N) is 1. The summed E-state index contributed by atoms with van der Waals surface area (Å²) in [5.41, 5.74) is 0.486. The first kappa shape index (κ1) is 19.9. The van der Waals surface area contributed by atoms with Crippen molar-refractivity contribution in [1.29, 1.82) is 0 Å². The third-order valence-electron chi connectivity index (χ3n) is 4.60. The quantitative estimate of drug-likeness (QED) is 0.677. The molecular formula is C18H29N3O3S. The summed E-state index contributed by atoms with van der Waals surface area (Å²) in [4.78, 5) is 14.8. The fourth-order valence-corrected chi connectivity index (χ4v) is 4.56. The van der Waals surface area contributed by atoms with Crippen molar-refractivity contribution in [2.24, 2.45) is 0 Å². The molecular weight excluding hydrogens is 338 g/mol. The van der Waals surface area contributed by atoms with Gasteiger partial charge in [0.1, 0.15) is 0 Å². The summed E-state index contributed by atoms with van der Waals surface area (Å²) in [5.74, 6) is -0.159. The summed E-state index contributed by atoms with van der Waals surface area (Å²) < 4.78 is 26.3. The second-order valence-corrected chi connectivity index (χ2v) is 8.21. The highest BCUT2D eigenvalue weighted by Crippen LogP contribution is 2.16. The Hall–Kier alpha value is -1.44. The molecule has 0 bridgehead atoms. The van der Waals surface area contributed by atoms with Crippen molar-refractivity contribution in [2.45, 2.75) is 38.0 Å². The maximum absolute atomic E-state index is 12.4. The van der Waals surface area contributed by atoms with Crippen LogP contribution in [0, 0.1) is 0 Å². The van der Waals surface area contributed by atoms with E-state index >= 15 is 0 Å². The summed E-state index contributed by atoms with van der Waals surface area (Å²) in [6, 6.07) is 6.16.